The fraction of sp³-hybridized carbons (Fsp3) is 0.143. The van der Waals surface area contributed by atoms with Gasteiger partial charge in [-0.25, -0.2) is 27.8 Å². The number of imidazole rings is 1. The minimum absolute atomic E-state index is 0.00754. The number of hydrogen-bond acceptors (Lipinski definition) is 8. The average Bonchev–Trinajstić information content (AvgIpc) is 3.12. The molecule has 3 heterocycles. The van der Waals surface area contributed by atoms with Gasteiger partial charge in [-0.05, 0) is 35.4 Å². The number of halogens is 1. The van der Waals surface area contributed by atoms with E-state index in [0.717, 1.165) is 11.8 Å². The number of nitrogens with zero attached hydrogens (tertiary/aromatic N) is 5. The molecule has 1 atom stereocenters. The predicted molar refractivity (Wildman–Crippen MR) is 115 cm³/mol. The van der Waals surface area contributed by atoms with Gasteiger partial charge in [0, 0.05) is 12.8 Å². The van der Waals surface area contributed by atoms with Crippen molar-refractivity contribution in [2.45, 2.75) is 17.5 Å². The highest BCUT2D eigenvalue weighted by atomic mass is 32.2. The lowest BCUT2D eigenvalue weighted by molar-refractivity contribution is 0.600. The van der Waals surface area contributed by atoms with E-state index in [2.05, 4.69) is 20.3 Å². The first-order chi connectivity index (χ1) is 15.3. The third-order valence-corrected chi connectivity index (χ3v) is 6.56. The van der Waals surface area contributed by atoms with E-state index in [1.54, 1.807) is 22.8 Å². The Labute approximate surface area is 182 Å². The molecule has 1 aliphatic rings. The minimum atomic E-state index is -3.53. The standard InChI is InChI=1S/C21H16FN7O2S/c1-32(30,31)16-4-2-3-15-18(16)29-9-11-5-6-12(22)7-13(11)17(21(29)27-15)28-20-14(8-23)19(24)25-10-26-20/h2-7,10,17H,9H2,1H3,(H3,24,25,26,28). The van der Waals surface area contributed by atoms with E-state index in [9.17, 15) is 18.1 Å². The van der Waals surface area contributed by atoms with E-state index in [1.807, 2.05) is 6.07 Å². The highest BCUT2D eigenvalue weighted by molar-refractivity contribution is 7.91. The maximum absolute atomic E-state index is 14.2. The van der Waals surface area contributed by atoms with Crippen molar-refractivity contribution in [2.24, 2.45) is 0 Å². The minimum Gasteiger partial charge on any atom is -0.382 e. The Hall–Kier alpha value is -4.04. The van der Waals surface area contributed by atoms with Crippen LogP contribution >= 0.6 is 0 Å². The maximum atomic E-state index is 14.2. The van der Waals surface area contributed by atoms with Gasteiger partial charge < -0.3 is 15.6 Å². The second-order valence-electron chi connectivity index (χ2n) is 7.47. The Morgan fingerprint density at radius 2 is 2.09 bits per heavy atom. The van der Waals surface area contributed by atoms with Crippen molar-refractivity contribution < 1.29 is 12.8 Å². The van der Waals surface area contributed by atoms with Crippen molar-refractivity contribution >= 4 is 32.5 Å². The first-order valence-corrected chi connectivity index (χ1v) is 11.4. The number of nitriles is 1. The number of nitrogen functional groups attached to an aromatic ring is 1. The molecule has 0 radical (unpaired) electrons. The van der Waals surface area contributed by atoms with E-state index >= 15 is 0 Å². The third-order valence-electron chi connectivity index (χ3n) is 5.43. The summed E-state index contributed by atoms with van der Waals surface area (Å²) in [5.74, 6) is 0.215. The van der Waals surface area contributed by atoms with Gasteiger partial charge in [-0.3, -0.25) is 0 Å². The zero-order valence-electron chi connectivity index (χ0n) is 16.7. The number of fused-ring (bicyclic) bond motifs is 4. The number of para-hydroxylation sites is 1. The van der Waals surface area contributed by atoms with Gasteiger partial charge in [0.25, 0.3) is 0 Å². The molecule has 1 unspecified atom stereocenters. The smallest absolute Gasteiger partial charge is 0.177 e. The van der Waals surface area contributed by atoms with Gasteiger partial charge in [0.2, 0.25) is 0 Å². The molecule has 0 amide bonds. The van der Waals surface area contributed by atoms with Gasteiger partial charge >= 0.3 is 0 Å². The molecular weight excluding hydrogens is 433 g/mol. The van der Waals surface area contributed by atoms with Crippen molar-refractivity contribution in [3.05, 3.63) is 71.1 Å². The first kappa shape index (κ1) is 19.9. The van der Waals surface area contributed by atoms with Crippen molar-refractivity contribution in [3.8, 4) is 6.07 Å². The van der Waals surface area contributed by atoms with Gasteiger partial charge in [-0.15, -0.1) is 0 Å². The lowest BCUT2D eigenvalue weighted by atomic mass is 9.95. The third kappa shape index (κ3) is 3.04. The first-order valence-electron chi connectivity index (χ1n) is 9.52. The van der Waals surface area contributed by atoms with Gasteiger partial charge in [-0.2, -0.15) is 5.26 Å². The fourth-order valence-corrected chi connectivity index (χ4v) is 4.93. The molecule has 4 aromatic rings. The molecule has 0 saturated heterocycles. The summed E-state index contributed by atoms with van der Waals surface area (Å²) in [6.45, 7) is 0.309. The Bertz CT molecular complexity index is 1560. The van der Waals surface area contributed by atoms with Crippen LogP contribution in [0.3, 0.4) is 0 Å². The van der Waals surface area contributed by atoms with Gasteiger partial charge in [-0.1, -0.05) is 12.1 Å². The molecule has 0 bridgehead atoms. The second-order valence-corrected chi connectivity index (χ2v) is 9.45. The number of hydrogen-bond donors (Lipinski definition) is 2. The van der Waals surface area contributed by atoms with Crippen LogP contribution < -0.4 is 11.1 Å². The lowest BCUT2D eigenvalue weighted by Crippen LogP contribution is -2.26. The van der Waals surface area contributed by atoms with Crippen molar-refractivity contribution in [1.82, 2.24) is 19.5 Å². The highest BCUT2D eigenvalue weighted by Crippen LogP contribution is 2.38. The van der Waals surface area contributed by atoms with Crippen LogP contribution in [-0.4, -0.2) is 34.2 Å². The molecule has 3 N–H and O–H groups in total. The molecule has 2 aromatic carbocycles. The van der Waals surface area contributed by atoms with E-state index in [1.165, 1.54) is 24.5 Å². The van der Waals surface area contributed by atoms with Crippen molar-refractivity contribution in [1.29, 1.82) is 5.26 Å². The molecule has 2 aromatic heterocycles. The second kappa shape index (κ2) is 7.00. The monoisotopic (exact) mass is 449 g/mol. The average molecular weight is 449 g/mol. The number of sulfone groups is 1. The van der Waals surface area contributed by atoms with Crippen LogP contribution in [0.1, 0.15) is 28.6 Å². The number of aromatic nitrogens is 4. The van der Waals surface area contributed by atoms with E-state index in [4.69, 9.17) is 5.73 Å². The lowest BCUT2D eigenvalue weighted by Gasteiger charge is -2.28. The van der Waals surface area contributed by atoms with Crippen LogP contribution in [0, 0.1) is 17.1 Å². The molecule has 0 aliphatic carbocycles. The fourth-order valence-electron chi connectivity index (χ4n) is 4.04. The summed E-state index contributed by atoms with van der Waals surface area (Å²) >= 11 is 0. The van der Waals surface area contributed by atoms with Crippen LogP contribution in [-0.2, 0) is 16.4 Å². The molecule has 0 fully saturated rings. The zero-order valence-corrected chi connectivity index (χ0v) is 17.6. The number of benzene rings is 2. The van der Waals surface area contributed by atoms with Crippen LogP contribution in [0.2, 0.25) is 0 Å². The summed E-state index contributed by atoms with van der Waals surface area (Å²) in [5.41, 5.74) is 8.21. The molecule has 160 valence electrons. The predicted octanol–water partition coefficient (Wildman–Crippen LogP) is 2.39. The van der Waals surface area contributed by atoms with E-state index < -0.39 is 21.7 Å². The molecule has 0 spiro atoms. The molecule has 1 aliphatic heterocycles. The quantitative estimate of drug-likeness (QED) is 0.486. The summed E-state index contributed by atoms with van der Waals surface area (Å²) in [7, 11) is -3.53. The molecule has 32 heavy (non-hydrogen) atoms. The Balaban J connectivity index is 1.78. The Morgan fingerprint density at radius 3 is 2.84 bits per heavy atom. The highest BCUT2D eigenvalue weighted by Gasteiger charge is 2.32. The van der Waals surface area contributed by atoms with Crippen LogP contribution in [0.5, 0.6) is 0 Å². The molecule has 5 rings (SSSR count). The molecule has 9 nitrogen and oxygen atoms in total. The van der Waals surface area contributed by atoms with E-state index in [-0.39, 0.29) is 22.1 Å². The summed E-state index contributed by atoms with van der Waals surface area (Å²) in [6, 6.07) is 10.5. The van der Waals surface area contributed by atoms with Crippen LogP contribution in [0.4, 0.5) is 16.0 Å². The number of anilines is 2. The SMILES string of the molecule is CS(=O)(=O)c1cccc2nc3n(c12)Cc1ccc(F)cc1C3Nc1ncnc(N)c1C#N. The van der Waals surface area contributed by atoms with Crippen LogP contribution in [0.15, 0.2) is 47.6 Å². The number of rotatable bonds is 3. The number of nitrogens with one attached hydrogen (secondary N) is 1. The normalized spacial score (nSPS) is 15.1. The maximum Gasteiger partial charge on any atom is 0.177 e. The number of nitrogens with two attached hydrogens (primary N) is 1. The molecular formula is C21H16FN7O2S. The van der Waals surface area contributed by atoms with Gasteiger partial charge in [0.05, 0.1) is 15.9 Å². The van der Waals surface area contributed by atoms with E-state index in [0.29, 0.717) is 29.0 Å². The summed E-state index contributed by atoms with van der Waals surface area (Å²) < 4.78 is 40.9. The van der Waals surface area contributed by atoms with Crippen LogP contribution in [0.25, 0.3) is 11.0 Å². The molecule has 11 heteroatoms. The zero-order chi connectivity index (χ0) is 22.6. The van der Waals surface area contributed by atoms with Crippen molar-refractivity contribution in [3.63, 3.8) is 0 Å². The topological polar surface area (TPSA) is 140 Å². The van der Waals surface area contributed by atoms with Gasteiger partial charge in [0.1, 0.15) is 47.3 Å². The Kier molecular flexibility index (Phi) is 4.35. The summed E-state index contributed by atoms with van der Waals surface area (Å²) in [4.78, 5) is 12.8. The summed E-state index contributed by atoms with van der Waals surface area (Å²) in [6.07, 6.45) is 2.37. The largest absolute Gasteiger partial charge is 0.382 e. The summed E-state index contributed by atoms with van der Waals surface area (Å²) in [5, 5.41) is 12.7. The van der Waals surface area contributed by atoms with Gasteiger partial charge in [0.15, 0.2) is 9.84 Å². The molecule has 0 saturated carbocycles. The van der Waals surface area contributed by atoms with Crippen molar-refractivity contribution in [2.75, 3.05) is 17.3 Å². The Morgan fingerprint density at radius 1 is 1.28 bits per heavy atom.